The third-order valence-electron chi connectivity index (χ3n) is 3.77. The normalized spacial score (nSPS) is 10.5. The van der Waals surface area contributed by atoms with Gasteiger partial charge in [0, 0.05) is 24.2 Å². The fourth-order valence-electron chi connectivity index (χ4n) is 2.30. The Kier molecular flexibility index (Phi) is 6.28. The highest BCUT2D eigenvalue weighted by Crippen LogP contribution is 2.22. The first-order valence-corrected chi connectivity index (χ1v) is 9.22. The molecule has 142 valence electrons. The van der Waals surface area contributed by atoms with Crippen LogP contribution in [0.4, 0.5) is 10.1 Å². The first-order chi connectivity index (χ1) is 13.5. The fourth-order valence-corrected chi connectivity index (χ4v) is 2.94. The number of halogens is 1. The Morgan fingerprint density at radius 2 is 1.75 bits per heavy atom. The Bertz CT molecular complexity index is 964. The van der Waals surface area contributed by atoms with Crippen molar-refractivity contribution in [3.63, 3.8) is 0 Å². The largest absolute Gasteiger partial charge is 0.351 e. The molecule has 0 unspecified atom stereocenters. The molecule has 0 bridgehead atoms. The molecule has 9 heteroatoms. The molecule has 0 fully saturated rings. The van der Waals surface area contributed by atoms with Crippen molar-refractivity contribution in [1.82, 2.24) is 15.5 Å². The number of rotatable bonds is 7. The standard InChI is InChI=1S/C19H15FN4O3S/c20-15-5-1-13(2-6-15)11-21-18(25)12-28-19-10-9-17(22-23-19)14-3-7-16(8-4-14)24(26)27/h1-10H,11-12H2,(H,21,25). The van der Waals surface area contributed by atoms with E-state index in [-0.39, 0.29) is 23.2 Å². The highest BCUT2D eigenvalue weighted by atomic mass is 32.2. The summed E-state index contributed by atoms with van der Waals surface area (Å²) >= 11 is 1.24. The molecule has 1 amide bonds. The van der Waals surface area contributed by atoms with Gasteiger partial charge in [-0.3, -0.25) is 14.9 Å². The number of nitrogens with zero attached hydrogens (tertiary/aromatic N) is 3. The molecule has 2 aromatic carbocycles. The van der Waals surface area contributed by atoms with Crippen LogP contribution < -0.4 is 5.32 Å². The minimum absolute atomic E-state index is 0.00975. The smallest absolute Gasteiger partial charge is 0.269 e. The van der Waals surface area contributed by atoms with Gasteiger partial charge in [-0.1, -0.05) is 23.9 Å². The van der Waals surface area contributed by atoms with Crippen LogP contribution in [0.1, 0.15) is 5.56 Å². The van der Waals surface area contributed by atoms with Gasteiger partial charge in [-0.05, 0) is 42.0 Å². The van der Waals surface area contributed by atoms with Crippen molar-refractivity contribution < 1.29 is 14.1 Å². The van der Waals surface area contributed by atoms with E-state index < -0.39 is 4.92 Å². The highest BCUT2D eigenvalue weighted by Gasteiger charge is 2.08. The van der Waals surface area contributed by atoms with Crippen molar-refractivity contribution in [2.75, 3.05) is 5.75 Å². The molecule has 1 heterocycles. The van der Waals surface area contributed by atoms with Crippen LogP contribution in [0.3, 0.4) is 0 Å². The summed E-state index contributed by atoms with van der Waals surface area (Å²) in [7, 11) is 0. The van der Waals surface area contributed by atoms with Crippen LogP contribution in [0.15, 0.2) is 65.7 Å². The molecule has 0 aliphatic carbocycles. The van der Waals surface area contributed by atoms with Crippen molar-refractivity contribution in [3.8, 4) is 11.3 Å². The average molecular weight is 398 g/mol. The predicted molar refractivity (Wildman–Crippen MR) is 103 cm³/mol. The monoisotopic (exact) mass is 398 g/mol. The minimum atomic E-state index is -0.462. The number of hydrogen-bond donors (Lipinski definition) is 1. The summed E-state index contributed by atoms with van der Waals surface area (Å²) in [4.78, 5) is 22.1. The molecule has 0 spiro atoms. The van der Waals surface area contributed by atoms with Gasteiger partial charge in [0.2, 0.25) is 5.91 Å². The summed E-state index contributed by atoms with van der Waals surface area (Å²) in [5, 5.41) is 22.2. The van der Waals surface area contributed by atoms with Crippen molar-refractivity contribution in [3.05, 3.63) is 82.2 Å². The van der Waals surface area contributed by atoms with Crippen molar-refractivity contribution in [2.24, 2.45) is 0 Å². The number of carbonyl (C=O) groups excluding carboxylic acids is 1. The van der Waals surface area contributed by atoms with Crippen LogP contribution in [0.5, 0.6) is 0 Å². The van der Waals surface area contributed by atoms with E-state index >= 15 is 0 Å². The molecule has 0 aliphatic heterocycles. The van der Waals surface area contributed by atoms with E-state index in [2.05, 4.69) is 15.5 Å². The van der Waals surface area contributed by atoms with Crippen molar-refractivity contribution in [2.45, 2.75) is 11.6 Å². The van der Waals surface area contributed by atoms with Gasteiger partial charge in [-0.15, -0.1) is 10.2 Å². The number of benzene rings is 2. The number of nitro groups is 1. The molecular weight excluding hydrogens is 383 g/mol. The van der Waals surface area contributed by atoms with Crippen LogP contribution in [-0.4, -0.2) is 26.8 Å². The van der Waals surface area contributed by atoms with Gasteiger partial charge < -0.3 is 5.32 Å². The molecule has 0 atom stereocenters. The van der Waals surface area contributed by atoms with E-state index in [1.165, 1.54) is 36.0 Å². The number of non-ortho nitro benzene ring substituents is 1. The third kappa shape index (κ3) is 5.34. The van der Waals surface area contributed by atoms with Gasteiger partial charge in [0.05, 0.1) is 16.4 Å². The lowest BCUT2D eigenvalue weighted by Crippen LogP contribution is -2.24. The van der Waals surface area contributed by atoms with E-state index in [0.29, 0.717) is 22.8 Å². The zero-order chi connectivity index (χ0) is 19.9. The van der Waals surface area contributed by atoms with E-state index in [0.717, 1.165) is 5.56 Å². The third-order valence-corrected chi connectivity index (χ3v) is 4.69. The van der Waals surface area contributed by atoms with Gasteiger partial charge >= 0.3 is 0 Å². The second-order valence-corrected chi connectivity index (χ2v) is 6.75. The average Bonchev–Trinajstić information content (AvgIpc) is 2.72. The maximum Gasteiger partial charge on any atom is 0.269 e. The van der Waals surface area contributed by atoms with Gasteiger partial charge in [0.1, 0.15) is 10.8 Å². The maximum atomic E-state index is 12.8. The molecule has 7 nitrogen and oxygen atoms in total. The molecule has 1 N–H and O–H groups in total. The number of nitro benzene ring substituents is 1. The minimum Gasteiger partial charge on any atom is -0.351 e. The van der Waals surface area contributed by atoms with Gasteiger partial charge in [0.25, 0.3) is 5.69 Å². The SMILES string of the molecule is O=C(CSc1ccc(-c2ccc([N+](=O)[O-])cc2)nn1)NCc1ccc(F)cc1. The quantitative estimate of drug-likeness (QED) is 0.371. The summed E-state index contributed by atoms with van der Waals surface area (Å²) in [6.07, 6.45) is 0. The second kappa shape index (κ2) is 9.05. The molecular formula is C19H15FN4O3S. The Balaban J connectivity index is 1.50. The summed E-state index contributed by atoms with van der Waals surface area (Å²) in [5.41, 5.74) is 2.12. The number of carbonyl (C=O) groups is 1. The molecule has 0 radical (unpaired) electrons. The fraction of sp³-hybridized carbons (Fsp3) is 0.105. The summed E-state index contributed by atoms with van der Waals surface area (Å²) < 4.78 is 12.8. The molecule has 3 aromatic rings. The molecule has 0 saturated carbocycles. The zero-order valence-corrected chi connectivity index (χ0v) is 15.4. The van der Waals surface area contributed by atoms with Crippen molar-refractivity contribution in [1.29, 1.82) is 0 Å². The Morgan fingerprint density at radius 1 is 1.04 bits per heavy atom. The summed E-state index contributed by atoms with van der Waals surface area (Å²) in [6, 6.07) is 15.4. The molecule has 28 heavy (non-hydrogen) atoms. The van der Waals surface area contributed by atoms with E-state index in [1.807, 2.05) is 0 Å². The summed E-state index contributed by atoms with van der Waals surface area (Å²) in [6.45, 7) is 0.324. The molecule has 0 saturated heterocycles. The van der Waals surface area contributed by atoms with Crippen LogP contribution in [0, 0.1) is 15.9 Å². The number of nitrogens with one attached hydrogen (secondary N) is 1. The first-order valence-electron chi connectivity index (χ1n) is 8.24. The number of hydrogen-bond acceptors (Lipinski definition) is 6. The lowest BCUT2D eigenvalue weighted by atomic mass is 10.1. The second-order valence-electron chi connectivity index (χ2n) is 5.75. The summed E-state index contributed by atoms with van der Waals surface area (Å²) in [5.74, 6) is -0.316. The maximum absolute atomic E-state index is 12.8. The molecule has 3 rings (SSSR count). The van der Waals surface area contributed by atoms with Crippen LogP contribution in [-0.2, 0) is 11.3 Å². The number of thioether (sulfide) groups is 1. The first kappa shape index (κ1) is 19.4. The lowest BCUT2D eigenvalue weighted by molar-refractivity contribution is -0.384. The van der Waals surface area contributed by atoms with Crippen LogP contribution >= 0.6 is 11.8 Å². The Morgan fingerprint density at radius 3 is 2.36 bits per heavy atom. The topological polar surface area (TPSA) is 98.0 Å². The van der Waals surface area contributed by atoms with E-state index in [9.17, 15) is 19.3 Å². The lowest BCUT2D eigenvalue weighted by Gasteiger charge is -2.05. The Hall–Kier alpha value is -3.33. The van der Waals surface area contributed by atoms with Gasteiger partial charge in [-0.2, -0.15) is 0 Å². The van der Waals surface area contributed by atoms with Crippen LogP contribution in [0.2, 0.25) is 0 Å². The van der Waals surface area contributed by atoms with E-state index in [4.69, 9.17) is 0 Å². The number of amides is 1. The van der Waals surface area contributed by atoms with Gasteiger partial charge in [-0.25, -0.2) is 4.39 Å². The highest BCUT2D eigenvalue weighted by molar-refractivity contribution is 7.99. The molecule has 0 aliphatic rings. The van der Waals surface area contributed by atoms with Crippen molar-refractivity contribution >= 4 is 23.4 Å². The Labute approximate surface area is 164 Å². The van der Waals surface area contributed by atoms with Crippen LogP contribution in [0.25, 0.3) is 11.3 Å². The van der Waals surface area contributed by atoms with E-state index in [1.54, 1.807) is 36.4 Å². The number of aromatic nitrogens is 2. The van der Waals surface area contributed by atoms with Gasteiger partial charge in [0.15, 0.2) is 0 Å². The zero-order valence-electron chi connectivity index (χ0n) is 14.5. The predicted octanol–water partition coefficient (Wildman–Crippen LogP) is 3.60. The molecule has 1 aromatic heterocycles.